The van der Waals surface area contributed by atoms with Gasteiger partial charge in [0.15, 0.2) is 0 Å². The molecule has 2 aliphatic rings. The minimum Gasteiger partial charge on any atom is -0.316 e. The minimum absolute atomic E-state index is 0.223. The van der Waals surface area contributed by atoms with Gasteiger partial charge in [-0.2, -0.15) is 0 Å². The third kappa shape index (κ3) is 2.04. The van der Waals surface area contributed by atoms with Crippen LogP contribution in [0, 0.1) is 17.7 Å². The van der Waals surface area contributed by atoms with E-state index in [0.717, 1.165) is 25.6 Å². The molecular weight excluding hydrogens is 251 g/mol. The quantitative estimate of drug-likeness (QED) is 0.887. The zero-order valence-corrected chi connectivity index (χ0v) is 11.3. The molecule has 0 radical (unpaired) electrons. The first-order valence-corrected chi connectivity index (χ1v) is 6.92. The van der Waals surface area contributed by atoms with Crippen molar-refractivity contribution >= 4 is 11.6 Å². The molecule has 0 saturated carbocycles. The van der Waals surface area contributed by atoms with E-state index in [1.807, 2.05) is 12.1 Å². The first kappa shape index (κ1) is 12.4. The van der Waals surface area contributed by atoms with Crippen LogP contribution in [0.2, 0.25) is 5.02 Å². The van der Waals surface area contributed by atoms with Crippen molar-refractivity contribution in [3.05, 3.63) is 34.6 Å². The van der Waals surface area contributed by atoms with Crippen LogP contribution in [0.25, 0.3) is 0 Å². The van der Waals surface area contributed by atoms with Gasteiger partial charge in [-0.15, -0.1) is 0 Å². The number of benzene rings is 1. The second kappa shape index (κ2) is 4.80. The van der Waals surface area contributed by atoms with E-state index in [2.05, 4.69) is 17.1 Å². The van der Waals surface area contributed by atoms with Crippen molar-refractivity contribution in [2.24, 2.45) is 11.8 Å². The van der Waals surface area contributed by atoms with E-state index in [4.69, 9.17) is 11.6 Å². The maximum atomic E-state index is 13.9. The third-order valence-electron chi connectivity index (χ3n) is 4.46. The summed E-state index contributed by atoms with van der Waals surface area (Å²) in [4.78, 5) is 2.38. The lowest BCUT2D eigenvalue weighted by Gasteiger charge is -2.24. The summed E-state index contributed by atoms with van der Waals surface area (Å²) in [7, 11) is 0. The van der Waals surface area contributed by atoms with Crippen LogP contribution in [0.15, 0.2) is 18.2 Å². The van der Waals surface area contributed by atoms with Gasteiger partial charge in [0.1, 0.15) is 5.82 Å². The zero-order chi connectivity index (χ0) is 12.7. The van der Waals surface area contributed by atoms with Crippen molar-refractivity contribution in [3.8, 4) is 0 Å². The highest BCUT2D eigenvalue weighted by atomic mass is 35.5. The lowest BCUT2D eigenvalue weighted by Crippen LogP contribution is -2.33. The SMILES string of the molecule is CC1C2CNCC2CN1Cc1cccc(Cl)c1F. The molecular formula is C14H18ClFN2. The van der Waals surface area contributed by atoms with Crippen molar-refractivity contribution in [3.63, 3.8) is 0 Å². The molecule has 2 fully saturated rings. The Kier molecular flexibility index (Phi) is 3.31. The Morgan fingerprint density at radius 2 is 2.28 bits per heavy atom. The van der Waals surface area contributed by atoms with Gasteiger partial charge in [0.2, 0.25) is 0 Å². The van der Waals surface area contributed by atoms with Gasteiger partial charge in [0, 0.05) is 24.7 Å². The molecule has 0 spiro atoms. The Hall–Kier alpha value is -0.640. The molecule has 0 amide bonds. The lowest BCUT2D eigenvalue weighted by molar-refractivity contribution is 0.228. The van der Waals surface area contributed by atoms with Crippen molar-refractivity contribution in [1.29, 1.82) is 0 Å². The molecule has 0 aliphatic carbocycles. The predicted molar refractivity (Wildman–Crippen MR) is 71.1 cm³/mol. The summed E-state index contributed by atoms with van der Waals surface area (Å²) in [6.07, 6.45) is 0. The summed E-state index contributed by atoms with van der Waals surface area (Å²) in [6.45, 7) is 6.18. The van der Waals surface area contributed by atoms with Crippen LogP contribution in [0.3, 0.4) is 0 Å². The molecule has 0 bridgehead atoms. The van der Waals surface area contributed by atoms with Gasteiger partial charge in [-0.3, -0.25) is 4.90 Å². The Morgan fingerprint density at radius 3 is 3.06 bits per heavy atom. The van der Waals surface area contributed by atoms with Crippen LogP contribution in [0.4, 0.5) is 4.39 Å². The molecule has 2 saturated heterocycles. The highest BCUT2D eigenvalue weighted by Gasteiger charge is 2.41. The number of nitrogens with one attached hydrogen (secondary N) is 1. The van der Waals surface area contributed by atoms with E-state index in [-0.39, 0.29) is 10.8 Å². The fraction of sp³-hybridized carbons (Fsp3) is 0.571. The smallest absolute Gasteiger partial charge is 0.146 e. The molecule has 3 unspecified atom stereocenters. The van der Waals surface area contributed by atoms with Crippen molar-refractivity contribution in [1.82, 2.24) is 10.2 Å². The van der Waals surface area contributed by atoms with Gasteiger partial charge >= 0.3 is 0 Å². The summed E-state index contributed by atoms with van der Waals surface area (Å²) in [5.41, 5.74) is 0.710. The average molecular weight is 269 g/mol. The Balaban J connectivity index is 1.75. The first-order valence-electron chi connectivity index (χ1n) is 6.54. The monoisotopic (exact) mass is 268 g/mol. The largest absolute Gasteiger partial charge is 0.316 e. The summed E-state index contributed by atoms with van der Waals surface area (Å²) in [5, 5.41) is 3.66. The second-order valence-electron chi connectivity index (χ2n) is 5.47. The highest BCUT2D eigenvalue weighted by molar-refractivity contribution is 6.30. The number of hydrogen-bond donors (Lipinski definition) is 1. The average Bonchev–Trinajstić information content (AvgIpc) is 2.90. The molecule has 18 heavy (non-hydrogen) atoms. The molecule has 2 aliphatic heterocycles. The summed E-state index contributed by atoms with van der Waals surface area (Å²) in [6, 6.07) is 5.78. The topological polar surface area (TPSA) is 15.3 Å². The zero-order valence-electron chi connectivity index (χ0n) is 10.5. The highest BCUT2D eigenvalue weighted by Crippen LogP contribution is 2.33. The Morgan fingerprint density at radius 1 is 1.44 bits per heavy atom. The normalized spacial score (nSPS) is 31.8. The third-order valence-corrected chi connectivity index (χ3v) is 4.75. The maximum absolute atomic E-state index is 13.9. The molecule has 2 heterocycles. The van der Waals surface area contributed by atoms with Gasteiger partial charge in [-0.05, 0) is 37.9 Å². The number of rotatable bonds is 2. The molecule has 4 heteroatoms. The predicted octanol–water partition coefficient (Wildman–Crippen LogP) is 2.52. The van der Waals surface area contributed by atoms with Crippen molar-refractivity contribution < 1.29 is 4.39 Å². The second-order valence-corrected chi connectivity index (χ2v) is 5.87. The van der Waals surface area contributed by atoms with Crippen molar-refractivity contribution in [2.45, 2.75) is 19.5 Å². The van der Waals surface area contributed by atoms with Crippen LogP contribution in [0.1, 0.15) is 12.5 Å². The van der Waals surface area contributed by atoms with Gasteiger partial charge in [0.25, 0.3) is 0 Å². The summed E-state index contributed by atoms with van der Waals surface area (Å²) >= 11 is 5.83. The number of fused-ring (bicyclic) bond motifs is 1. The van der Waals surface area contributed by atoms with Crippen LogP contribution in [0.5, 0.6) is 0 Å². The van der Waals surface area contributed by atoms with Crippen molar-refractivity contribution in [2.75, 3.05) is 19.6 Å². The van der Waals surface area contributed by atoms with Crippen LogP contribution in [-0.2, 0) is 6.54 Å². The molecule has 1 aromatic carbocycles. The Labute approximate surface area is 112 Å². The van der Waals surface area contributed by atoms with E-state index < -0.39 is 0 Å². The fourth-order valence-electron chi connectivity index (χ4n) is 3.35. The van der Waals surface area contributed by atoms with E-state index in [0.29, 0.717) is 24.1 Å². The molecule has 1 aromatic rings. The molecule has 3 atom stereocenters. The van der Waals surface area contributed by atoms with Gasteiger partial charge in [0.05, 0.1) is 5.02 Å². The van der Waals surface area contributed by atoms with Crippen LogP contribution < -0.4 is 5.32 Å². The summed E-state index contributed by atoms with van der Waals surface area (Å²) < 4.78 is 13.9. The molecule has 0 aromatic heterocycles. The van der Waals surface area contributed by atoms with E-state index in [1.165, 1.54) is 0 Å². The molecule has 3 rings (SSSR count). The fourth-order valence-corrected chi connectivity index (χ4v) is 3.55. The van der Waals surface area contributed by atoms with E-state index in [1.54, 1.807) is 6.07 Å². The van der Waals surface area contributed by atoms with Gasteiger partial charge < -0.3 is 5.32 Å². The lowest BCUT2D eigenvalue weighted by atomic mass is 9.95. The number of hydrogen-bond acceptors (Lipinski definition) is 2. The molecule has 2 nitrogen and oxygen atoms in total. The standard InChI is InChI=1S/C14H18ClFN2/c1-9-12-6-17-5-11(12)8-18(9)7-10-3-2-4-13(15)14(10)16/h2-4,9,11-12,17H,5-8H2,1H3. The van der Waals surface area contributed by atoms with E-state index >= 15 is 0 Å². The number of nitrogens with zero attached hydrogens (tertiary/aromatic N) is 1. The van der Waals surface area contributed by atoms with Crippen LogP contribution in [-0.4, -0.2) is 30.6 Å². The number of halogens is 2. The molecule has 1 N–H and O–H groups in total. The minimum atomic E-state index is -0.262. The van der Waals surface area contributed by atoms with E-state index in [9.17, 15) is 4.39 Å². The molecule has 98 valence electrons. The number of likely N-dealkylation sites (tertiary alicyclic amines) is 1. The van der Waals surface area contributed by atoms with Gasteiger partial charge in [-0.25, -0.2) is 4.39 Å². The van der Waals surface area contributed by atoms with Crippen LogP contribution >= 0.6 is 11.6 Å². The first-order chi connectivity index (χ1) is 8.66. The van der Waals surface area contributed by atoms with Gasteiger partial charge in [-0.1, -0.05) is 23.7 Å². The maximum Gasteiger partial charge on any atom is 0.146 e. The summed E-state index contributed by atoms with van der Waals surface area (Å²) in [5.74, 6) is 1.18. The Bertz CT molecular complexity index is 451.